The molecule has 1 amide bonds. The number of aryl methyl sites for hydroxylation is 1. The Kier molecular flexibility index (Phi) is 6.23. The highest BCUT2D eigenvalue weighted by Gasteiger charge is 1.97. The summed E-state index contributed by atoms with van der Waals surface area (Å²) in [6, 6.07) is 4.04. The fourth-order valence-corrected chi connectivity index (χ4v) is 1.54. The number of unbranched alkanes of at least 4 members (excludes halogenated alkanes) is 1. The third kappa shape index (κ3) is 5.49. The van der Waals surface area contributed by atoms with Crippen LogP contribution in [0.5, 0.6) is 0 Å². The Bertz CT molecular complexity index is 298. The lowest BCUT2D eigenvalue weighted by atomic mass is 10.1. The molecule has 0 bridgehead atoms. The van der Waals surface area contributed by atoms with Gasteiger partial charge in [-0.15, -0.1) is 0 Å². The van der Waals surface area contributed by atoms with Crippen LogP contribution in [-0.2, 0) is 11.2 Å². The minimum absolute atomic E-state index is 0.170. The third-order valence-corrected chi connectivity index (χ3v) is 2.41. The van der Waals surface area contributed by atoms with Crippen LogP contribution in [-0.4, -0.2) is 17.4 Å². The molecule has 0 saturated heterocycles. The number of carbonyl (C=O) groups is 1. The van der Waals surface area contributed by atoms with Gasteiger partial charge in [-0.05, 0) is 37.3 Å². The van der Waals surface area contributed by atoms with Crippen molar-refractivity contribution in [3.05, 3.63) is 30.1 Å². The number of pyridine rings is 1. The van der Waals surface area contributed by atoms with E-state index in [-0.39, 0.29) is 5.91 Å². The molecule has 0 fully saturated rings. The lowest BCUT2D eigenvalue weighted by molar-refractivity contribution is -0.121. The van der Waals surface area contributed by atoms with Crippen molar-refractivity contribution in [1.82, 2.24) is 10.3 Å². The van der Waals surface area contributed by atoms with Crippen LogP contribution < -0.4 is 5.32 Å². The van der Waals surface area contributed by atoms with Crippen molar-refractivity contribution in [1.29, 1.82) is 0 Å². The van der Waals surface area contributed by atoms with Gasteiger partial charge < -0.3 is 5.32 Å². The predicted molar refractivity (Wildman–Crippen MR) is 65.1 cm³/mol. The van der Waals surface area contributed by atoms with Gasteiger partial charge in [-0.3, -0.25) is 9.78 Å². The van der Waals surface area contributed by atoms with E-state index in [2.05, 4.69) is 16.4 Å². The molecule has 0 aliphatic carbocycles. The molecule has 16 heavy (non-hydrogen) atoms. The summed E-state index contributed by atoms with van der Waals surface area (Å²) in [4.78, 5) is 15.2. The first-order valence-electron chi connectivity index (χ1n) is 5.98. The van der Waals surface area contributed by atoms with Crippen molar-refractivity contribution in [3.63, 3.8) is 0 Å². The minimum Gasteiger partial charge on any atom is -0.356 e. The van der Waals surface area contributed by atoms with Gasteiger partial charge in [-0.25, -0.2) is 0 Å². The second kappa shape index (κ2) is 7.85. The summed E-state index contributed by atoms with van der Waals surface area (Å²) in [6.07, 6.45) is 8.41. The summed E-state index contributed by atoms with van der Waals surface area (Å²) >= 11 is 0. The van der Waals surface area contributed by atoms with Crippen molar-refractivity contribution in [2.75, 3.05) is 6.54 Å². The minimum atomic E-state index is 0.170. The average molecular weight is 220 g/mol. The first-order valence-corrected chi connectivity index (χ1v) is 5.98. The molecular weight excluding hydrogens is 200 g/mol. The topological polar surface area (TPSA) is 42.0 Å². The summed E-state index contributed by atoms with van der Waals surface area (Å²) in [6.45, 7) is 2.81. The summed E-state index contributed by atoms with van der Waals surface area (Å²) in [5.41, 5.74) is 1.27. The molecule has 0 saturated carbocycles. The van der Waals surface area contributed by atoms with Crippen molar-refractivity contribution in [2.45, 2.75) is 39.0 Å². The van der Waals surface area contributed by atoms with Crippen molar-refractivity contribution < 1.29 is 4.79 Å². The molecular formula is C13H20N2O. The Morgan fingerprint density at radius 1 is 1.44 bits per heavy atom. The van der Waals surface area contributed by atoms with Gasteiger partial charge in [0, 0.05) is 25.4 Å². The molecule has 88 valence electrons. The Labute approximate surface area is 97.3 Å². The zero-order valence-corrected chi connectivity index (χ0v) is 9.91. The van der Waals surface area contributed by atoms with Gasteiger partial charge in [0.05, 0.1) is 0 Å². The number of hydrogen-bond acceptors (Lipinski definition) is 2. The zero-order valence-electron chi connectivity index (χ0n) is 9.91. The maximum Gasteiger partial charge on any atom is 0.219 e. The lowest BCUT2D eigenvalue weighted by Gasteiger charge is -2.04. The van der Waals surface area contributed by atoms with E-state index in [0.29, 0.717) is 6.42 Å². The Morgan fingerprint density at radius 3 is 3.00 bits per heavy atom. The van der Waals surface area contributed by atoms with E-state index in [0.717, 1.165) is 32.2 Å². The highest BCUT2D eigenvalue weighted by Crippen LogP contribution is 2.02. The van der Waals surface area contributed by atoms with Gasteiger partial charge in [0.15, 0.2) is 0 Å². The first kappa shape index (κ1) is 12.7. The van der Waals surface area contributed by atoms with Crippen molar-refractivity contribution >= 4 is 5.91 Å². The molecule has 3 heteroatoms. The van der Waals surface area contributed by atoms with Crippen molar-refractivity contribution in [3.8, 4) is 0 Å². The monoisotopic (exact) mass is 220 g/mol. The SMILES string of the molecule is CCCC(=O)NCCCCc1cccnc1. The second-order valence-corrected chi connectivity index (χ2v) is 3.92. The fraction of sp³-hybridized carbons (Fsp3) is 0.538. The Morgan fingerprint density at radius 2 is 2.31 bits per heavy atom. The van der Waals surface area contributed by atoms with E-state index in [1.54, 1.807) is 6.20 Å². The molecule has 0 atom stereocenters. The maximum absolute atomic E-state index is 11.2. The van der Waals surface area contributed by atoms with E-state index in [9.17, 15) is 4.79 Å². The standard InChI is InChI=1S/C13H20N2O/c1-2-6-13(16)15-10-4-3-7-12-8-5-9-14-11-12/h5,8-9,11H,2-4,6-7,10H2,1H3,(H,15,16). The molecule has 1 aromatic rings. The van der Waals surface area contributed by atoms with Crippen molar-refractivity contribution in [2.24, 2.45) is 0 Å². The number of aromatic nitrogens is 1. The summed E-state index contributed by atoms with van der Waals surface area (Å²) < 4.78 is 0. The Hall–Kier alpha value is -1.38. The van der Waals surface area contributed by atoms with Crippen LogP contribution in [0.4, 0.5) is 0 Å². The first-order chi connectivity index (χ1) is 7.83. The number of hydrogen-bond donors (Lipinski definition) is 1. The predicted octanol–water partition coefficient (Wildman–Crippen LogP) is 2.32. The van der Waals surface area contributed by atoms with Crippen LogP contribution in [0.3, 0.4) is 0 Å². The number of nitrogens with one attached hydrogen (secondary N) is 1. The molecule has 0 spiro atoms. The number of rotatable bonds is 7. The number of nitrogens with zero attached hydrogens (tertiary/aromatic N) is 1. The summed E-state index contributed by atoms with van der Waals surface area (Å²) in [5, 5.41) is 2.92. The molecule has 0 unspecified atom stereocenters. The van der Waals surface area contributed by atoms with Crippen LogP contribution in [0, 0.1) is 0 Å². The number of amides is 1. The normalized spacial score (nSPS) is 10.1. The zero-order chi connectivity index (χ0) is 11.6. The quantitative estimate of drug-likeness (QED) is 0.716. The average Bonchev–Trinajstić information content (AvgIpc) is 2.30. The highest BCUT2D eigenvalue weighted by molar-refractivity contribution is 5.75. The molecule has 1 heterocycles. The van der Waals surface area contributed by atoms with E-state index in [1.807, 2.05) is 19.2 Å². The van der Waals surface area contributed by atoms with Gasteiger partial charge in [0.25, 0.3) is 0 Å². The maximum atomic E-state index is 11.2. The molecule has 1 N–H and O–H groups in total. The van der Waals surface area contributed by atoms with E-state index in [4.69, 9.17) is 0 Å². The third-order valence-electron chi connectivity index (χ3n) is 2.41. The molecule has 0 aliphatic heterocycles. The largest absolute Gasteiger partial charge is 0.356 e. The van der Waals surface area contributed by atoms with Gasteiger partial charge in [-0.2, -0.15) is 0 Å². The van der Waals surface area contributed by atoms with Crippen LogP contribution >= 0.6 is 0 Å². The summed E-state index contributed by atoms with van der Waals surface area (Å²) in [7, 11) is 0. The van der Waals surface area contributed by atoms with E-state index >= 15 is 0 Å². The van der Waals surface area contributed by atoms with Crippen LogP contribution in [0.25, 0.3) is 0 Å². The van der Waals surface area contributed by atoms with Crippen LogP contribution in [0.2, 0.25) is 0 Å². The fourth-order valence-electron chi connectivity index (χ4n) is 1.54. The molecule has 1 aromatic heterocycles. The smallest absolute Gasteiger partial charge is 0.219 e. The molecule has 1 rings (SSSR count). The molecule has 0 aliphatic rings. The van der Waals surface area contributed by atoms with Gasteiger partial charge in [0.2, 0.25) is 5.91 Å². The van der Waals surface area contributed by atoms with Crippen LogP contribution in [0.15, 0.2) is 24.5 Å². The highest BCUT2D eigenvalue weighted by atomic mass is 16.1. The number of carbonyl (C=O) groups excluding carboxylic acids is 1. The molecule has 0 radical (unpaired) electrons. The molecule has 3 nitrogen and oxygen atoms in total. The van der Waals surface area contributed by atoms with Gasteiger partial charge in [0.1, 0.15) is 0 Å². The lowest BCUT2D eigenvalue weighted by Crippen LogP contribution is -2.23. The molecule has 0 aromatic carbocycles. The van der Waals surface area contributed by atoms with E-state index in [1.165, 1.54) is 5.56 Å². The Balaban J connectivity index is 2.02. The van der Waals surface area contributed by atoms with E-state index < -0.39 is 0 Å². The summed E-state index contributed by atoms with van der Waals surface area (Å²) in [5.74, 6) is 0.170. The van der Waals surface area contributed by atoms with Gasteiger partial charge >= 0.3 is 0 Å². The van der Waals surface area contributed by atoms with Crippen LogP contribution in [0.1, 0.15) is 38.2 Å². The van der Waals surface area contributed by atoms with Gasteiger partial charge in [-0.1, -0.05) is 13.0 Å². The second-order valence-electron chi connectivity index (χ2n) is 3.92.